The Morgan fingerprint density at radius 1 is 2.00 bits per heavy atom. The molecule has 0 saturated carbocycles. The number of hydrogen-bond acceptors (Lipinski definition) is 1. The average Bonchev–Trinajstić information content (AvgIpc) is 1.68. The molecule has 0 N–H and O–H groups in total. The molecule has 0 amide bonds. The third-order valence-electron chi connectivity index (χ3n) is 0.565. The molecule has 42 valence electrons. The van der Waals surface area contributed by atoms with Gasteiger partial charge in [0.25, 0.3) is 0 Å². The zero-order chi connectivity index (χ0) is 5.70. The van der Waals surface area contributed by atoms with Crippen molar-refractivity contribution in [1.29, 1.82) is 0 Å². The fraction of sp³-hybridized carbons (Fsp3) is 0.600. The van der Waals surface area contributed by atoms with Crippen LogP contribution in [0.15, 0.2) is 12.8 Å². The van der Waals surface area contributed by atoms with E-state index in [0.29, 0.717) is 0 Å². The molecular formula is C5H9ClO. The summed E-state index contributed by atoms with van der Waals surface area (Å²) in [7, 11) is 0. The lowest BCUT2D eigenvalue weighted by Gasteiger charge is -2.02. The van der Waals surface area contributed by atoms with Crippen LogP contribution in [0.5, 0.6) is 0 Å². The summed E-state index contributed by atoms with van der Waals surface area (Å²) >= 11 is 5.47. The highest BCUT2D eigenvalue weighted by atomic mass is 35.5. The standard InChI is InChI=1S/C5H9ClO/c1-3-5(6)7-4-2/h4-5H,2-3H2,1H3/t5-/m1/s1. The quantitative estimate of drug-likeness (QED) is 0.410. The van der Waals surface area contributed by atoms with Crippen LogP contribution < -0.4 is 0 Å². The second kappa shape index (κ2) is 4.00. The van der Waals surface area contributed by atoms with Crippen molar-refractivity contribution in [1.82, 2.24) is 0 Å². The van der Waals surface area contributed by atoms with Crippen LogP contribution in [0.1, 0.15) is 13.3 Å². The molecule has 0 aliphatic carbocycles. The van der Waals surface area contributed by atoms with E-state index in [4.69, 9.17) is 16.3 Å². The highest BCUT2D eigenvalue weighted by Gasteiger charge is 1.93. The lowest BCUT2D eigenvalue weighted by molar-refractivity contribution is 0.213. The van der Waals surface area contributed by atoms with E-state index in [1.54, 1.807) is 0 Å². The molecule has 0 heterocycles. The largest absolute Gasteiger partial charge is 0.483 e. The molecule has 0 bridgehead atoms. The summed E-state index contributed by atoms with van der Waals surface area (Å²) in [6.07, 6.45) is 2.16. The normalized spacial score (nSPS) is 12.9. The fourth-order valence-electron chi connectivity index (χ4n) is 0.201. The molecule has 0 saturated heterocycles. The molecule has 0 rings (SSSR count). The SMILES string of the molecule is C=CO[C@@H](Cl)CC. The first kappa shape index (κ1) is 6.83. The van der Waals surface area contributed by atoms with Crippen LogP contribution in [0.25, 0.3) is 0 Å². The highest BCUT2D eigenvalue weighted by Crippen LogP contribution is 2.01. The van der Waals surface area contributed by atoms with Gasteiger partial charge in [0.1, 0.15) is 0 Å². The van der Waals surface area contributed by atoms with Crippen molar-refractivity contribution in [3.63, 3.8) is 0 Å². The van der Waals surface area contributed by atoms with Crippen LogP contribution in [0.3, 0.4) is 0 Å². The highest BCUT2D eigenvalue weighted by molar-refractivity contribution is 6.19. The second-order valence-electron chi connectivity index (χ2n) is 1.12. The summed E-state index contributed by atoms with van der Waals surface area (Å²) in [6.45, 7) is 5.29. The molecule has 0 spiro atoms. The van der Waals surface area contributed by atoms with Crippen molar-refractivity contribution in [2.24, 2.45) is 0 Å². The minimum Gasteiger partial charge on any atom is -0.483 e. The van der Waals surface area contributed by atoms with E-state index in [1.807, 2.05) is 6.92 Å². The minimum atomic E-state index is -0.197. The molecule has 0 aromatic carbocycles. The molecule has 0 aromatic rings. The Hall–Kier alpha value is -0.170. The first-order valence-electron chi connectivity index (χ1n) is 2.21. The average molecular weight is 121 g/mol. The Kier molecular flexibility index (Phi) is 3.90. The predicted octanol–water partition coefficient (Wildman–Crippen LogP) is 2.12. The molecule has 1 atom stereocenters. The van der Waals surface area contributed by atoms with E-state index in [-0.39, 0.29) is 5.56 Å². The molecule has 7 heavy (non-hydrogen) atoms. The maximum Gasteiger partial charge on any atom is 0.171 e. The van der Waals surface area contributed by atoms with Gasteiger partial charge in [0, 0.05) is 0 Å². The molecule has 0 aliphatic rings. The summed E-state index contributed by atoms with van der Waals surface area (Å²) in [6, 6.07) is 0. The Labute approximate surface area is 48.9 Å². The van der Waals surface area contributed by atoms with E-state index < -0.39 is 0 Å². The van der Waals surface area contributed by atoms with E-state index in [9.17, 15) is 0 Å². The van der Waals surface area contributed by atoms with Crippen LogP contribution in [-0.2, 0) is 4.74 Å². The summed E-state index contributed by atoms with van der Waals surface area (Å²) in [4.78, 5) is 0. The van der Waals surface area contributed by atoms with Gasteiger partial charge in [-0.25, -0.2) is 0 Å². The van der Waals surface area contributed by atoms with Crippen LogP contribution in [0.4, 0.5) is 0 Å². The Bertz CT molecular complexity index is 54.0. The summed E-state index contributed by atoms with van der Waals surface area (Å²) < 4.78 is 4.72. The molecule has 2 heteroatoms. The summed E-state index contributed by atoms with van der Waals surface area (Å²) in [5, 5.41) is 0. The van der Waals surface area contributed by atoms with E-state index in [1.165, 1.54) is 6.26 Å². The molecule has 0 aromatic heterocycles. The van der Waals surface area contributed by atoms with Gasteiger partial charge < -0.3 is 4.74 Å². The molecule has 1 nitrogen and oxygen atoms in total. The lowest BCUT2D eigenvalue weighted by Crippen LogP contribution is -1.95. The monoisotopic (exact) mass is 120 g/mol. The van der Waals surface area contributed by atoms with Crippen LogP contribution >= 0.6 is 11.6 Å². The van der Waals surface area contributed by atoms with Gasteiger partial charge in [-0.2, -0.15) is 0 Å². The van der Waals surface area contributed by atoms with Gasteiger partial charge in [-0.3, -0.25) is 0 Å². The van der Waals surface area contributed by atoms with Gasteiger partial charge in [-0.1, -0.05) is 25.1 Å². The van der Waals surface area contributed by atoms with Crippen molar-refractivity contribution in [3.8, 4) is 0 Å². The predicted molar refractivity (Wildman–Crippen MR) is 31.2 cm³/mol. The van der Waals surface area contributed by atoms with E-state index in [0.717, 1.165) is 6.42 Å². The molecule has 0 fully saturated rings. The molecule has 0 aliphatic heterocycles. The van der Waals surface area contributed by atoms with Crippen LogP contribution in [0.2, 0.25) is 0 Å². The Balaban J connectivity index is 2.98. The zero-order valence-corrected chi connectivity index (χ0v) is 5.11. The van der Waals surface area contributed by atoms with Crippen molar-refractivity contribution in [2.45, 2.75) is 18.9 Å². The lowest BCUT2D eigenvalue weighted by atomic mass is 10.5. The van der Waals surface area contributed by atoms with Crippen molar-refractivity contribution < 1.29 is 4.74 Å². The van der Waals surface area contributed by atoms with Crippen molar-refractivity contribution in [2.75, 3.05) is 0 Å². The Morgan fingerprint density at radius 2 is 2.57 bits per heavy atom. The third kappa shape index (κ3) is 3.67. The van der Waals surface area contributed by atoms with Gasteiger partial charge in [0.05, 0.1) is 6.26 Å². The smallest absolute Gasteiger partial charge is 0.171 e. The molecule has 0 unspecified atom stereocenters. The first-order valence-corrected chi connectivity index (χ1v) is 2.65. The van der Waals surface area contributed by atoms with Gasteiger partial charge >= 0.3 is 0 Å². The van der Waals surface area contributed by atoms with Crippen LogP contribution in [0, 0.1) is 0 Å². The maximum absolute atomic E-state index is 5.47. The number of halogens is 1. The Morgan fingerprint density at radius 3 is 2.71 bits per heavy atom. The number of alkyl halides is 1. The third-order valence-corrected chi connectivity index (χ3v) is 0.976. The number of rotatable bonds is 3. The van der Waals surface area contributed by atoms with Gasteiger partial charge in [0.2, 0.25) is 0 Å². The summed E-state index contributed by atoms with van der Waals surface area (Å²) in [5.74, 6) is 0. The van der Waals surface area contributed by atoms with Gasteiger partial charge in [0.15, 0.2) is 5.56 Å². The zero-order valence-electron chi connectivity index (χ0n) is 4.36. The van der Waals surface area contributed by atoms with Crippen molar-refractivity contribution >= 4 is 11.6 Å². The number of ether oxygens (including phenoxy) is 1. The molecule has 0 radical (unpaired) electrons. The second-order valence-corrected chi connectivity index (χ2v) is 1.61. The molecular weight excluding hydrogens is 112 g/mol. The number of hydrogen-bond donors (Lipinski definition) is 0. The minimum absolute atomic E-state index is 0.197. The van der Waals surface area contributed by atoms with Crippen molar-refractivity contribution in [3.05, 3.63) is 12.8 Å². The van der Waals surface area contributed by atoms with E-state index >= 15 is 0 Å². The van der Waals surface area contributed by atoms with Gasteiger partial charge in [-0.05, 0) is 6.42 Å². The maximum atomic E-state index is 5.47. The van der Waals surface area contributed by atoms with Gasteiger partial charge in [-0.15, -0.1) is 0 Å². The van der Waals surface area contributed by atoms with Crippen LogP contribution in [-0.4, -0.2) is 5.56 Å². The summed E-state index contributed by atoms with van der Waals surface area (Å²) in [5.41, 5.74) is -0.197. The topological polar surface area (TPSA) is 9.23 Å². The van der Waals surface area contributed by atoms with E-state index in [2.05, 4.69) is 6.58 Å². The fourth-order valence-corrected chi connectivity index (χ4v) is 0.273. The first-order chi connectivity index (χ1) is 3.31.